The van der Waals surface area contributed by atoms with E-state index in [4.69, 9.17) is 5.73 Å². The van der Waals surface area contributed by atoms with E-state index < -0.39 is 10.3 Å². The molecule has 2 rings (SSSR count). The zero-order chi connectivity index (χ0) is 14.0. The molecule has 1 fully saturated rings. The Hall–Kier alpha value is -1.95. The monoisotopic (exact) mass is 263 g/mol. The summed E-state index contributed by atoms with van der Waals surface area (Å²) < 4.78 is 0. The Morgan fingerprint density at radius 2 is 2.21 bits per heavy atom. The summed E-state index contributed by atoms with van der Waals surface area (Å²) in [4.78, 5) is 22.5. The number of rotatable bonds is 4. The first-order valence-corrected chi connectivity index (χ1v) is 6.25. The molecule has 1 aliphatic carbocycles. The minimum Gasteiger partial charge on any atom is -0.329 e. The fourth-order valence-electron chi connectivity index (χ4n) is 2.24. The summed E-state index contributed by atoms with van der Waals surface area (Å²) >= 11 is 0. The second-order valence-corrected chi connectivity index (χ2v) is 5.05. The maximum atomic E-state index is 12.2. The van der Waals surface area contributed by atoms with Gasteiger partial charge in [0.1, 0.15) is 0 Å². The summed E-state index contributed by atoms with van der Waals surface area (Å²) in [6.45, 7) is 2.11. The van der Waals surface area contributed by atoms with Crippen molar-refractivity contribution in [2.75, 3.05) is 11.9 Å². The number of anilines is 1. The summed E-state index contributed by atoms with van der Waals surface area (Å²) in [5, 5.41) is 13.5. The Morgan fingerprint density at radius 1 is 1.53 bits per heavy atom. The van der Waals surface area contributed by atoms with Gasteiger partial charge in [0.05, 0.1) is 16.0 Å². The van der Waals surface area contributed by atoms with E-state index in [1.54, 1.807) is 13.0 Å². The highest BCUT2D eigenvalue weighted by molar-refractivity contribution is 5.97. The van der Waals surface area contributed by atoms with Crippen molar-refractivity contribution in [3.63, 3.8) is 0 Å². The van der Waals surface area contributed by atoms with Crippen molar-refractivity contribution < 1.29 is 9.72 Å². The van der Waals surface area contributed by atoms with Crippen LogP contribution in [0.5, 0.6) is 0 Å². The maximum Gasteiger partial charge on any atom is 0.271 e. The number of nitrogens with two attached hydrogens (primary N) is 1. The smallest absolute Gasteiger partial charge is 0.271 e. The highest BCUT2D eigenvalue weighted by Gasteiger charge is 2.42. The molecule has 1 aromatic carbocycles. The lowest BCUT2D eigenvalue weighted by Crippen LogP contribution is -2.47. The lowest BCUT2D eigenvalue weighted by Gasteiger charge is -2.39. The number of aryl methyl sites for hydroxylation is 1. The average molecular weight is 263 g/mol. The second kappa shape index (κ2) is 4.97. The van der Waals surface area contributed by atoms with E-state index in [-0.39, 0.29) is 11.6 Å². The van der Waals surface area contributed by atoms with Crippen LogP contribution in [0.4, 0.5) is 11.4 Å². The molecule has 1 aromatic rings. The number of nitrogens with zero attached hydrogens (tertiary/aromatic N) is 1. The summed E-state index contributed by atoms with van der Waals surface area (Å²) in [7, 11) is 0. The van der Waals surface area contributed by atoms with Crippen LogP contribution in [-0.2, 0) is 4.79 Å². The topological polar surface area (TPSA) is 98.3 Å². The Labute approximate surface area is 111 Å². The highest BCUT2D eigenvalue weighted by atomic mass is 16.6. The molecule has 0 aliphatic heterocycles. The van der Waals surface area contributed by atoms with Gasteiger partial charge < -0.3 is 11.1 Å². The van der Waals surface area contributed by atoms with E-state index in [0.29, 0.717) is 12.2 Å². The molecular formula is C13H17N3O3. The molecule has 102 valence electrons. The number of hydrogen-bond acceptors (Lipinski definition) is 4. The molecule has 0 saturated heterocycles. The normalized spacial score (nSPS) is 16.5. The third-order valence-corrected chi connectivity index (χ3v) is 3.86. The van der Waals surface area contributed by atoms with E-state index in [9.17, 15) is 14.9 Å². The van der Waals surface area contributed by atoms with Crippen molar-refractivity contribution in [1.29, 1.82) is 0 Å². The first-order chi connectivity index (χ1) is 8.98. The fraction of sp³-hybridized carbons (Fsp3) is 0.462. The minimum atomic E-state index is -0.489. The van der Waals surface area contributed by atoms with Gasteiger partial charge in [0.25, 0.3) is 5.69 Å². The van der Waals surface area contributed by atoms with Crippen molar-refractivity contribution in [1.82, 2.24) is 0 Å². The number of nitro groups is 1. The molecular weight excluding hydrogens is 246 g/mol. The van der Waals surface area contributed by atoms with Gasteiger partial charge in [0, 0.05) is 18.7 Å². The van der Waals surface area contributed by atoms with E-state index in [2.05, 4.69) is 5.32 Å². The molecule has 3 N–H and O–H groups in total. The largest absolute Gasteiger partial charge is 0.329 e. The van der Waals surface area contributed by atoms with Crippen molar-refractivity contribution in [3.8, 4) is 0 Å². The van der Waals surface area contributed by atoms with Gasteiger partial charge in [0.15, 0.2) is 0 Å². The molecule has 0 bridgehead atoms. The second-order valence-electron chi connectivity index (χ2n) is 5.05. The van der Waals surface area contributed by atoms with Crippen molar-refractivity contribution in [2.45, 2.75) is 26.2 Å². The van der Waals surface area contributed by atoms with Crippen LogP contribution < -0.4 is 11.1 Å². The van der Waals surface area contributed by atoms with Crippen molar-refractivity contribution in [2.24, 2.45) is 11.1 Å². The lowest BCUT2D eigenvalue weighted by molar-refractivity contribution is -0.384. The summed E-state index contributed by atoms with van der Waals surface area (Å²) in [6.07, 6.45) is 2.56. The predicted molar refractivity (Wildman–Crippen MR) is 71.8 cm³/mol. The number of nitrogens with one attached hydrogen (secondary N) is 1. The van der Waals surface area contributed by atoms with E-state index >= 15 is 0 Å². The van der Waals surface area contributed by atoms with Gasteiger partial charge in [-0.05, 0) is 25.3 Å². The number of non-ortho nitro benzene ring substituents is 1. The quantitative estimate of drug-likeness (QED) is 0.640. The molecule has 1 saturated carbocycles. The third kappa shape index (κ3) is 2.44. The SMILES string of the molecule is Cc1ccc([N+](=O)[O-])cc1NC(=O)C1(CN)CCC1. The van der Waals surface area contributed by atoms with Gasteiger partial charge in [-0.3, -0.25) is 14.9 Å². The molecule has 0 heterocycles. The van der Waals surface area contributed by atoms with Gasteiger partial charge in [-0.2, -0.15) is 0 Å². The van der Waals surface area contributed by atoms with Crippen LogP contribution in [0.25, 0.3) is 0 Å². The van der Waals surface area contributed by atoms with Crippen LogP contribution >= 0.6 is 0 Å². The Morgan fingerprint density at radius 3 is 2.68 bits per heavy atom. The first-order valence-electron chi connectivity index (χ1n) is 6.25. The number of carbonyl (C=O) groups is 1. The summed E-state index contributed by atoms with van der Waals surface area (Å²) in [5.74, 6) is -0.134. The Kier molecular flexibility index (Phi) is 3.53. The van der Waals surface area contributed by atoms with Crippen LogP contribution in [0, 0.1) is 22.5 Å². The van der Waals surface area contributed by atoms with Gasteiger partial charge in [-0.15, -0.1) is 0 Å². The van der Waals surface area contributed by atoms with Crippen LogP contribution in [0.1, 0.15) is 24.8 Å². The van der Waals surface area contributed by atoms with Crippen molar-refractivity contribution in [3.05, 3.63) is 33.9 Å². The number of hydrogen-bond donors (Lipinski definition) is 2. The summed E-state index contributed by atoms with van der Waals surface area (Å²) in [6, 6.07) is 4.44. The zero-order valence-corrected chi connectivity index (χ0v) is 10.8. The van der Waals surface area contributed by atoms with Crippen LogP contribution in [0.3, 0.4) is 0 Å². The van der Waals surface area contributed by atoms with Gasteiger partial charge >= 0.3 is 0 Å². The minimum absolute atomic E-state index is 0.0312. The molecule has 0 spiro atoms. The van der Waals surface area contributed by atoms with Gasteiger partial charge in [0.2, 0.25) is 5.91 Å². The first kappa shape index (κ1) is 13.5. The molecule has 0 unspecified atom stereocenters. The molecule has 19 heavy (non-hydrogen) atoms. The van der Waals surface area contributed by atoms with E-state index in [1.807, 2.05) is 0 Å². The molecule has 0 atom stereocenters. The Balaban J connectivity index is 2.21. The number of nitro benzene ring substituents is 1. The number of benzene rings is 1. The van der Waals surface area contributed by atoms with Crippen molar-refractivity contribution >= 4 is 17.3 Å². The molecule has 0 aromatic heterocycles. The van der Waals surface area contributed by atoms with Gasteiger partial charge in [-0.25, -0.2) is 0 Å². The van der Waals surface area contributed by atoms with Crippen LogP contribution in [0.15, 0.2) is 18.2 Å². The fourth-order valence-corrected chi connectivity index (χ4v) is 2.24. The standard InChI is InChI=1S/C13H17N3O3/c1-9-3-4-10(16(18)19)7-11(9)15-12(17)13(8-14)5-2-6-13/h3-4,7H,2,5-6,8,14H2,1H3,(H,15,17). The number of amides is 1. The zero-order valence-electron chi connectivity index (χ0n) is 10.8. The lowest BCUT2D eigenvalue weighted by atomic mass is 9.68. The van der Waals surface area contributed by atoms with Crippen LogP contribution in [-0.4, -0.2) is 17.4 Å². The number of carbonyl (C=O) groups excluding carboxylic acids is 1. The molecule has 6 heteroatoms. The predicted octanol–water partition coefficient (Wildman–Crippen LogP) is 1.97. The molecule has 1 aliphatic rings. The Bertz CT molecular complexity index is 518. The van der Waals surface area contributed by atoms with E-state index in [0.717, 1.165) is 24.8 Å². The molecule has 0 radical (unpaired) electrons. The molecule has 6 nitrogen and oxygen atoms in total. The average Bonchev–Trinajstić information content (AvgIpc) is 2.31. The summed E-state index contributed by atoms with van der Waals surface area (Å²) in [5.41, 5.74) is 6.43. The third-order valence-electron chi connectivity index (χ3n) is 3.86. The molecule has 1 amide bonds. The van der Waals surface area contributed by atoms with Gasteiger partial charge in [-0.1, -0.05) is 12.5 Å². The highest BCUT2D eigenvalue weighted by Crippen LogP contribution is 2.41. The van der Waals surface area contributed by atoms with E-state index in [1.165, 1.54) is 12.1 Å². The van der Waals surface area contributed by atoms with Crippen LogP contribution in [0.2, 0.25) is 0 Å². The maximum absolute atomic E-state index is 12.2.